The van der Waals surface area contributed by atoms with Crippen molar-refractivity contribution in [2.75, 3.05) is 0 Å². The summed E-state index contributed by atoms with van der Waals surface area (Å²) in [6, 6.07) is 8.15. The molecule has 1 aromatic carbocycles. The molecule has 0 spiro atoms. The van der Waals surface area contributed by atoms with Crippen LogP contribution in [0.15, 0.2) is 24.3 Å². The summed E-state index contributed by atoms with van der Waals surface area (Å²) in [6.07, 6.45) is 4.49. The number of carbonyl (C=O) groups is 1. The minimum atomic E-state index is 0.0954. The maximum absolute atomic E-state index is 12.2. The molecule has 0 bridgehead atoms. The molecule has 0 heterocycles. The van der Waals surface area contributed by atoms with Gasteiger partial charge >= 0.3 is 0 Å². The van der Waals surface area contributed by atoms with E-state index in [1.165, 1.54) is 0 Å². The van der Waals surface area contributed by atoms with Crippen LogP contribution < -0.4 is 11.1 Å². The van der Waals surface area contributed by atoms with Gasteiger partial charge in [0.2, 0.25) is 5.91 Å². The molecule has 2 rings (SSSR count). The Morgan fingerprint density at radius 1 is 1.35 bits per heavy atom. The highest BCUT2D eigenvalue weighted by Gasteiger charge is 2.25. The van der Waals surface area contributed by atoms with Crippen LogP contribution in [0, 0.1) is 5.92 Å². The van der Waals surface area contributed by atoms with E-state index in [-0.39, 0.29) is 23.9 Å². The molecule has 0 saturated heterocycles. The standard InChI is InChI=1S/C16H23ClN2O/c1-11(10-13-4-2-3-5-15(13)17)19-16(20)12-6-8-14(18)9-7-12/h2-5,11-12,14H,6-10,18H2,1H3,(H,19,20). The molecule has 1 unspecified atom stereocenters. The lowest BCUT2D eigenvalue weighted by atomic mass is 9.86. The summed E-state index contributed by atoms with van der Waals surface area (Å²) in [6.45, 7) is 2.02. The van der Waals surface area contributed by atoms with Crippen molar-refractivity contribution in [2.24, 2.45) is 11.7 Å². The Kier molecular flexibility index (Phi) is 5.44. The summed E-state index contributed by atoms with van der Waals surface area (Å²) in [4.78, 5) is 12.2. The molecule has 1 amide bonds. The molecule has 1 atom stereocenters. The van der Waals surface area contributed by atoms with Gasteiger partial charge in [-0.2, -0.15) is 0 Å². The summed E-state index contributed by atoms with van der Waals surface area (Å²) in [7, 11) is 0. The lowest BCUT2D eigenvalue weighted by molar-refractivity contribution is -0.126. The number of amides is 1. The molecule has 1 fully saturated rings. The number of hydrogen-bond donors (Lipinski definition) is 2. The van der Waals surface area contributed by atoms with Gasteiger partial charge < -0.3 is 11.1 Å². The summed E-state index contributed by atoms with van der Waals surface area (Å²) in [5.74, 6) is 0.292. The first-order valence-corrected chi connectivity index (χ1v) is 7.73. The first-order valence-electron chi connectivity index (χ1n) is 7.35. The van der Waals surface area contributed by atoms with Crippen LogP contribution in [-0.2, 0) is 11.2 Å². The lowest BCUT2D eigenvalue weighted by Crippen LogP contribution is -2.41. The van der Waals surface area contributed by atoms with Crippen LogP contribution in [0.2, 0.25) is 5.02 Å². The smallest absolute Gasteiger partial charge is 0.223 e. The monoisotopic (exact) mass is 294 g/mol. The minimum Gasteiger partial charge on any atom is -0.353 e. The van der Waals surface area contributed by atoms with Gasteiger partial charge in [-0.1, -0.05) is 29.8 Å². The van der Waals surface area contributed by atoms with Gasteiger partial charge in [-0.15, -0.1) is 0 Å². The van der Waals surface area contributed by atoms with Crippen LogP contribution in [0.4, 0.5) is 0 Å². The third-order valence-electron chi connectivity index (χ3n) is 4.02. The Morgan fingerprint density at radius 3 is 2.65 bits per heavy atom. The van der Waals surface area contributed by atoms with Crippen LogP contribution >= 0.6 is 11.6 Å². The number of halogens is 1. The van der Waals surface area contributed by atoms with E-state index in [9.17, 15) is 4.79 Å². The second kappa shape index (κ2) is 7.09. The van der Waals surface area contributed by atoms with Crippen molar-refractivity contribution >= 4 is 17.5 Å². The predicted molar refractivity (Wildman–Crippen MR) is 82.7 cm³/mol. The van der Waals surface area contributed by atoms with Gasteiger partial charge in [-0.05, 0) is 50.7 Å². The molecular weight excluding hydrogens is 272 g/mol. The Bertz CT molecular complexity index is 456. The van der Waals surface area contributed by atoms with Gasteiger partial charge in [-0.25, -0.2) is 0 Å². The van der Waals surface area contributed by atoms with Crippen LogP contribution in [-0.4, -0.2) is 18.0 Å². The highest BCUT2D eigenvalue weighted by atomic mass is 35.5. The molecule has 1 aliphatic rings. The van der Waals surface area contributed by atoms with E-state index in [1.807, 2.05) is 31.2 Å². The first-order chi connectivity index (χ1) is 9.56. The number of nitrogens with two attached hydrogens (primary N) is 1. The van der Waals surface area contributed by atoms with E-state index >= 15 is 0 Å². The van der Waals surface area contributed by atoms with Gasteiger partial charge in [0.25, 0.3) is 0 Å². The zero-order valence-electron chi connectivity index (χ0n) is 11.9. The third kappa shape index (κ3) is 4.22. The fourth-order valence-corrected chi connectivity index (χ4v) is 3.00. The van der Waals surface area contributed by atoms with Crippen molar-refractivity contribution in [3.8, 4) is 0 Å². The molecule has 0 aromatic heterocycles. The predicted octanol–water partition coefficient (Wildman–Crippen LogP) is 2.90. The summed E-state index contributed by atoms with van der Waals surface area (Å²) >= 11 is 6.14. The zero-order valence-corrected chi connectivity index (χ0v) is 12.7. The molecule has 3 nitrogen and oxygen atoms in total. The van der Waals surface area contributed by atoms with Crippen LogP contribution in [0.5, 0.6) is 0 Å². The fraction of sp³-hybridized carbons (Fsp3) is 0.562. The summed E-state index contributed by atoms with van der Waals surface area (Å²) in [5.41, 5.74) is 6.95. The quantitative estimate of drug-likeness (QED) is 0.897. The van der Waals surface area contributed by atoms with Crippen molar-refractivity contribution in [2.45, 2.75) is 51.1 Å². The van der Waals surface area contributed by atoms with Gasteiger partial charge in [0.05, 0.1) is 0 Å². The fourth-order valence-electron chi connectivity index (χ4n) is 2.79. The Morgan fingerprint density at radius 2 is 2.00 bits per heavy atom. The average Bonchev–Trinajstić information content (AvgIpc) is 2.42. The van der Waals surface area contributed by atoms with E-state index < -0.39 is 0 Å². The molecule has 0 radical (unpaired) electrons. The Balaban J connectivity index is 1.83. The minimum absolute atomic E-state index is 0.0954. The Hall–Kier alpha value is -1.06. The second-order valence-electron chi connectivity index (χ2n) is 5.82. The lowest BCUT2D eigenvalue weighted by Gasteiger charge is -2.26. The summed E-state index contributed by atoms with van der Waals surface area (Å²) in [5, 5.41) is 3.86. The molecule has 1 aliphatic carbocycles. The maximum atomic E-state index is 12.2. The maximum Gasteiger partial charge on any atom is 0.223 e. The molecule has 1 aromatic rings. The molecule has 0 aliphatic heterocycles. The van der Waals surface area contributed by atoms with Crippen molar-refractivity contribution in [3.63, 3.8) is 0 Å². The normalized spacial score (nSPS) is 24.1. The highest BCUT2D eigenvalue weighted by Crippen LogP contribution is 2.23. The molecule has 3 N–H and O–H groups in total. The number of benzene rings is 1. The van der Waals surface area contributed by atoms with Crippen LogP contribution in [0.25, 0.3) is 0 Å². The van der Waals surface area contributed by atoms with Crippen LogP contribution in [0.1, 0.15) is 38.2 Å². The SMILES string of the molecule is CC(Cc1ccccc1Cl)NC(=O)C1CCC(N)CC1. The molecule has 4 heteroatoms. The molecule has 110 valence electrons. The van der Waals surface area contributed by atoms with Crippen LogP contribution in [0.3, 0.4) is 0 Å². The topological polar surface area (TPSA) is 55.1 Å². The van der Waals surface area contributed by atoms with E-state index in [2.05, 4.69) is 5.32 Å². The van der Waals surface area contributed by atoms with E-state index in [1.54, 1.807) is 0 Å². The second-order valence-corrected chi connectivity index (χ2v) is 6.22. The molecule has 1 saturated carbocycles. The summed E-state index contributed by atoms with van der Waals surface area (Å²) < 4.78 is 0. The van der Waals surface area contributed by atoms with E-state index in [0.29, 0.717) is 0 Å². The zero-order chi connectivity index (χ0) is 14.5. The largest absolute Gasteiger partial charge is 0.353 e. The number of hydrogen-bond acceptors (Lipinski definition) is 2. The first kappa shape index (κ1) is 15.3. The van der Waals surface area contributed by atoms with Crippen molar-refractivity contribution in [1.29, 1.82) is 0 Å². The molecule has 20 heavy (non-hydrogen) atoms. The number of nitrogens with one attached hydrogen (secondary N) is 1. The number of carbonyl (C=O) groups excluding carboxylic acids is 1. The Labute approximate surface area is 125 Å². The highest BCUT2D eigenvalue weighted by molar-refractivity contribution is 6.31. The average molecular weight is 295 g/mol. The van der Waals surface area contributed by atoms with Crippen molar-refractivity contribution < 1.29 is 4.79 Å². The van der Waals surface area contributed by atoms with Gasteiger partial charge in [-0.3, -0.25) is 4.79 Å². The van der Waals surface area contributed by atoms with Crippen molar-refractivity contribution in [3.05, 3.63) is 34.9 Å². The van der Waals surface area contributed by atoms with E-state index in [0.717, 1.165) is 42.7 Å². The van der Waals surface area contributed by atoms with E-state index in [4.69, 9.17) is 17.3 Å². The van der Waals surface area contributed by atoms with Gasteiger partial charge in [0.15, 0.2) is 0 Å². The van der Waals surface area contributed by atoms with Crippen molar-refractivity contribution in [1.82, 2.24) is 5.32 Å². The molecular formula is C16H23ClN2O. The van der Waals surface area contributed by atoms with Gasteiger partial charge in [0.1, 0.15) is 0 Å². The third-order valence-corrected chi connectivity index (χ3v) is 4.38. The number of rotatable bonds is 4. The van der Waals surface area contributed by atoms with Gasteiger partial charge in [0, 0.05) is 23.0 Å².